The molecule has 1 atom stereocenters. The number of para-hydroxylation sites is 2. The van der Waals surface area contributed by atoms with Crippen molar-refractivity contribution in [2.24, 2.45) is 0 Å². The number of urea groups is 1. The lowest BCUT2D eigenvalue weighted by Crippen LogP contribution is -2.40. The topological polar surface area (TPSA) is 53.6 Å². The van der Waals surface area contributed by atoms with E-state index in [1.165, 1.54) is 0 Å². The van der Waals surface area contributed by atoms with Crippen LogP contribution in [0.3, 0.4) is 0 Å². The molecule has 1 aliphatic heterocycles. The van der Waals surface area contributed by atoms with E-state index in [1.807, 2.05) is 31.3 Å². The predicted octanol–water partition coefficient (Wildman–Crippen LogP) is 2.30. The SMILES string of the molecule is COc1ccccc1NC(=O)N(C)C1CCCNCC1. The van der Waals surface area contributed by atoms with E-state index in [1.54, 1.807) is 12.0 Å². The third-order valence-corrected chi connectivity index (χ3v) is 3.76. The fraction of sp³-hybridized carbons (Fsp3) is 0.533. The van der Waals surface area contributed by atoms with Crippen molar-refractivity contribution in [2.75, 3.05) is 32.6 Å². The molecule has 0 aliphatic carbocycles. The lowest BCUT2D eigenvalue weighted by Gasteiger charge is -2.27. The molecule has 1 unspecified atom stereocenters. The molecule has 1 saturated heterocycles. The summed E-state index contributed by atoms with van der Waals surface area (Å²) in [4.78, 5) is 14.1. The summed E-state index contributed by atoms with van der Waals surface area (Å²) in [7, 11) is 3.46. The molecule has 0 saturated carbocycles. The standard InChI is InChI=1S/C15H23N3O2/c1-18(12-6-5-10-16-11-9-12)15(19)17-13-7-3-4-8-14(13)20-2/h3-4,7-8,12,16H,5-6,9-11H2,1-2H3,(H,17,19). The van der Waals surface area contributed by atoms with E-state index in [0.717, 1.165) is 32.4 Å². The number of nitrogens with zero attached hydrogens (tertiary/aromatic N) is 1. The monoisotopic (exact) mass is 277 g/mol. The minimum atomic E-state index is -0.0820. The van der Waals surface area contributed by atoms with Crippen molar-refractivity contribution in [3.05, 3.63) is 24.3 Å². The highest BCUT2D eigenvalue weighted by Gasteiger charge is 2.21. The lowest BCUT2D eigenvalue weighted by molar-refractivity contribution is 0.198. The fourth-order valence-corrected chi connectivity index (χ4v) is 2.51. The van der Waals surface area contributed by atoms with Gasteiger partial charge in [0, 0.05) is 13.1 Å². The second kappa shape index (κ2) is 7.14. The van der Waals surface area contributed by atoms with Gasteiger partial charge in [-0.2, -0.15) is 0 Å². The van der Waals surface area contributed by atoms with E-state index in [-0.39, 0.29) is 6.03 Å². The minimum Gasteiger partial charge on any atom is -0.495 e. The van der Waals surface area contributed by atoms with Crippen molar-refractivity contribution in [1.82, 2.24) is 10.2 Å². The van der Waals surface area contributed by atoms with Gasteiger partial charge in [0.1, 0.15) is 5.75 Å². The predicted molar refractivity (Wildman–Crippen MR) is 80.3 cm³/mol. The summed E-state index contributed by atoms with van der Waals surface area (Å²) in [5.41, 5.74) is 0.707. The molecule has 0 aromatic heterocycles. The molecule has 0 bridgehead atoms. The van der Waals surface area contributed by atoms with Crippen LogP contribution in [0, 0.1) is 0 Å². The summed E-state index contributed by atoms with van der Waals surface area (Å²) < 4.78 is 5.25. The number of hydrogen-bond donors (Lipinski definition) is 2. The second-order valence-electron chi connectivity index (χ2n) is 5.08. The van der Waals surface area contributed by atoms with Crippen LogP contribution in [0.2, 0.25) is 0 Å². The molecule has 2 N–H and O–H groups in total. The van der Waals surface area contributed by atoms with Crippen LogP contribution in [0.1, 0.15) is 19.3 Å². The van der Waals surface area contributed by atoms with E-state index < -0.39 is 0 Å². The summed E-state index contributed by atoms with van der Waals surface area (Å²) in [6.07, 6.45) is 3.15. The van der Waals surface area contributed by atoms with E-state index in [9.17, 15) is 4.79 Å². The van der Waals surface area contributed by atoms with Gasteiger partial charge in [0.05, 0.1) is 12.8 Å². The first kappa shape index (κ1) is 14.7. The maximum atomic E-state index is 12.3. The molecule has 0 spiro atoms. The number of nitrogens with one attached hydrogen (secondary N) is 2. The highest BCUT2D eigenvalue weighted by Crippen LogP contribution is 2.24. The Labute approximate surface area is 120 Å². The largest absolute Gasteiger partial charge is 0.495 e. The van der Waals surface area contributed by atoms with Crippen LogP contribution in [-0.2, 0) is 0 Å². The van der Waals surface area contributed by atoms with Crippen molar-refractivity contribution < 1.29 is 9.53 Å². The Hall–Kier alpha value is -1.75. The van der Waals surface area contributed by atoms with E-state index in [0.29, 0.717) is 17.5 Å². The van der Waals surface area contributed by atoms with E-state index >= 15 is 0 Å². The Morgan fingerprint density at radius 1 is 1.35 bits per heavy atom. The van der Waals surface area contributed by atoms with Crippen molar-refractivity contribution in [1.29, 1.82) is 0 Å². The summed E-state index contributed by atoms with van der Waals surface area (Å²) in [5.74, 6) is 0.678. The molecule has 5 heteroatoms. The number of benzene rings is 1. The van der Waals surface area contributed by atoms with Gasteiger partial charge in [-0.25, -0.2) is 4.79 Å². The van der Waals surface area contributed by atoms with E-state index in [2.05, 4.69) is 10.6 Å². The zero-order chi connectivity index (χ0) is 14.4. The van der Waals surface area contributed by atoms with Crippen LogP contribution in [-0.4, -0.2) is 44.2 Å². The maximum absolute atomic E-state index is 12.3. The van der Waals surface area contributed by atoms with Gasteiger partial charge in [0.25, 0.3) is 0 Å². The first-order chi connectivity index (χ1) is 9.72. The summed E-state index contributed by atoms with van der Waals surface area (Å²) >= 11 is 0. The Bertz CT molecular complexity index is 442. The number of carbonyl (C=O) groups excluding carboxylic acids is 1. The maximum Gasteiger partial charge on any atom is 0.321 e. The lowest BCUT2D eigenvalue weighted by atomic mass is 10.1. The highest BCUT2D eigenvalue weighted by atomic mass is 16.5. The molecular weight excluding hydrogens is 254 g/mol. The number of methoxy groups -OCH3 is 1. The molecule has 2 amide bonds. The molecule has 2 rings (SSSR count). The Balaban J connectivity index is 1.99. The van der Waals surface area contributed by atoms with Gasteiger partial charge in [-0.15, -0.1) is 0 Å². The molecule has 1 heterocycles. The molecule has 20 heavy (non-hydrogen) atoms. The molecule has 0 radical (unpaired) electrons. The number of anilines is 1. The van der Waals surface area contributed by atoms with Gasteiger partial charge in [-0.05, 0) is 44.5 Å². The molecule has 5 nitrogen and oxygen atoms in total. The van der Waals surface area contributed by atoms with Crippen LogP contribution in [0.5, 0.6) is 5.75 Å². The minimum absolute atomic E-state index is 0.0820. The molecule has 1 aromatic carbocycles. The van der Waals surface area contributed by atoms with Crippen LogP contribution in [0.15, 0.2) is 24.3 Å². The Morgan fingerprint density at radius 2 is 2.15 bits per heavy atom. The van der Waals surface area contributed by atoms with Gasteiger partial charge in [0.15, 0.2) is 0 Å². The second-order valence-corrected chi connectivity index (χ2v) is 5.08. The smallest absolute Gasteiger partial charge is 0.321 e. The number of carbonyl (C=O) groups is 1. The van der Waals surface area contributed by atoms with Crippen LogP contribution in [0.4, 0.5) is 10.5 Å². The normalized spacial score (nSPS) is 19.0. The summed E-state index contributed by atoms with van der Waals surface area (Å²) in [5, 5.41) is 6.28. The van der Waals surface area contributed by atoms with Crippen molar-refractivity contribution >= 4 is 11.7 Å². The zero-order valence-corrected chi connectivity index (χ0v) is 12.2. The highest BCUT2D eigenvalue weighted by molar-refractivity contribution is 5.91. The first-order valence-corrected chi connectivity index (χ1v) is 7.10. The molecule has 110 valence electrons. The quantitative estimate of drug-likeness (QED) is 0.891. The average molecular weight is 277 g/mol. The van der Waals surface area contributed by atoms with Crippen molar-refractivity contribution in [3.8, 4) is 5.75 Å². The summed E-state index contributed by atoms with van der Waals surface area (Å²) in [6, 6.07) is 7.66. The van der Waals surface area contributed by atoms with Crippen molar-refractivity contribution in [3.63, 3.8) is 0 Å². The van der Waals surface area contributed by atoms with Crippen LogP contribution in [0.25, 0.3) is 0 Å². The third-order valence-electron chi connectivity index (χ3n) is 3.76. The number of ether oxygens (including phenoxy) is 1. The van der Waals surface area contributed by atoms with Gasteiger partial charge < -0.3 is 20.3 Å². The first-order valence-electron chi connectivity index (χ1n) is 7.10. The summed E-state index contributed by atoms with van der Waals surface area (Å²) in [6.45, 7) is 2.01. The van der Waals surface area contributed by atoms with Gasteiger partial charge >= 0.3 is 6.03 Å². The third kappa shape index (κ3) is 3.63. The number of rotatable bonds is 3. The van der Waals surface area contributed by atoms with Crippen LogP contribution >= 0.6 is 0 Å². The molecule has 1 fully saturated rings. The fourth-order valence-electron chi connectivity index (χ4n) is 2.51. The van der Waals surface area contributed by atoms with Gasteiger partial charge in [0.2, 0.25) is 0 Å². The number of hydrogen-bond acceptors (Lipinski definition) is 3. The van der Waals surface area contributed by atoms with Gasteiger partial charge in [-0.3, -0.25) is 0 Å². The van der Waals surface area contributed by atoms with Crippen LogP contribution < -0.4 is 15.4 Å². The average Bonchev–Trinajstić information content (AvgIpc) is 2.76. The van der Waals surface area contributed by atoms with Crippen molar-refractivity contribution in [2.45, 2.75) is 25.3 Å². The Kier molecular flexibility index (Phi) is 5.24. The zero-order valence-electron chi connectivity index (χ0n) is 12.2. The molecular formula is C15H23N3O2. The molecule has 1 aliphatic rings. The van der Waals surface area contributed by atoms with Gasteiger partial charge in [-0.1, -0.05) is 12.1 Å². The number of amides is 2. The Morgan fingerprint density at radius 3 is 2.95 bits per heavy atom. The molecule has 1 aromatic rings. The van der Waals surface area contributed by atoms with E-state index in [4.69, 9.17) is 4.74 Å².